The van der Waals surface area contributed by atoms with Crippen LogP contribution < -0.4 is 5.73 Å². The van der Waals surface area contributed by atoms with Gasteiger partial charge in [-0.3, -0.25) is 4.79 Å². The number of rotatable bonds is 3. The lowest BCUT2D eigenvalue weighted by molar-refractivity contribution is -0.138. The minimum Gasteiger partial charge on any atom is -0.480 e. The summed E-state index contributed by atoms with van der Waals surface area (Å²) in [6.45, 7) is 1.71. The lowest BCUT2D eigenvalue weighted by Crippen LogP contribution is -2.29. The fourth-order valence-electron chi connectivity index (χ4n) is 0.476. The van der Waals surface area contributed by atoms with Gasteiger partial charge in [0, 0.05) is 6.42 Å². The van der Waals surface area contributed by atoms with Gasteiger partial charge in [0.15, 0.2) is 0 Å². The van der Waals surface area contributed by atoms with E-state index in [0.717, 1.165) is 0 Å². The summed E-state index contributed by atoms with van der Waals surface area (Å²) >= 11 is 0. The molecule has 10 heavy (non-hydrogen) atoms. The summed E-state index contributed by atoms with van der Waals surface area (Å²) in [4.78, 5) is 10.1. The van der Waals surface area contributed by atoms with Gasteiger partial charge >= 0.3 is 5.97 Å². The Labute approximate surface area is 60.2 Å². The molecule has 0 saturated carbocycles. The molecule has 0 aromatic heterocycles. The summed E-state index contributed by atoms with van der Waals surface area (Å²) in [6, 6.07) is -0.763. The van der Waals surface area contributed by atoms with Gasteiger partial charge in [-0.2, -0.15) is 0 Å². The van der Waals surface area contributed by atoms with Crippen molar-refractivity contribution in [3.63, 3.8) is 0 Å². The molecular weight excluding hydrogens is 130 g/mol. The molecule has 0 spiro atoms. The topological polar surface area (TPSA) is 63.3 Å². The molecule has 0 saturated heterocycles. The van der Waals surface area contributed by atoms with Crippen LogP contribution in [0.5, 0.6) is 0 Å². The SMILES string of the molecule is CC#CCC[C@@H](N)C(=O)O. The summed E-state index contributed by atoms with van der Waals surface area (Å²) in [5, 5.41) is 8.31. The lowest BCUT2D eigenvalue weighted by Gasteiger charge is -2.00. The highest BCUT2D eigenvalue weighted by Crippen LogP contribution is 1.91. The van der Waals surface area contributed by atoms with E-state index in [2.05, 4.69) is 11.8 Å². The molecule has 0 bridgehead atoms. The van der Waals surface area contributed by atoms with Crippen molar-refractivity contribution in [3.05, 3.63) is 0 Å². The molecule has 0 aliphatic rings. The zero-order valence-electron chi connectivity index (χ0n) is 5.92. The van der Waals surface area contributed by atoms with E-state index in [9.17, 15) is 4.79 Å². The van der Waals surface area contributed by atoms with E-state index in [1.54, 1.807) is 6.92 Å². The van der Waals surface area contributed by atoms with Crippen molar-refractivity contribution in [2.75, 3.05) is 0 Å². The highest BCUT2D eigenvalue weighted by Gasteiger charge is 2.08. The molecule has 0 aromatic carbocycles. The lowest BCUT2D eigenvalue weighted by atomic mass is 10.2. The van der Waals surface area contributed by atoms with Crippen LogP contribution in [-0.4, -0.2) is 17.1 Å². The number of hydrogen-bond acceptors (Lipinski definition) is 2. The third kappa shape index (κ3) is 3.93. The van der Waals surface area contributed by atoms with Crippen molar-refractivity contribution in [1.29, 1.82) is 0 Å². The number of carboxylic acids is 1. The molecule has 3 N–H and O–H groups in total. The van der Waals surface area contributed by atoms with Crippen LogP contribution in [0.1, 0.15) is 19.8 Å². The van der Waals surface area contributed by atoms with Crippen LogP contribution in [0, 0.1) is 11.8 Å². The van der Waals surface area contributed by atoms with E-state index < -0.39 is 12.0 Å². The van der Waals surface area contributed by atoms with Crippen molar-refractivity contribution < 1.29 is 9.90 Å². The average Bonchev–Trinajstić information content (AvgIpc) is 1.88. The second kappa shape index (κ2) is 4.83. The zero-order chi connectivity index (χ0) is 7.98. The number of aliphatic carboxylic acids is 1. The van der Waals surface area contributed by atoms with Gasteiger partial charge in [0.2, 0.25) is 0 Å². The minimum atomic E-state index is -0.960. The van der Waals surface area contributed by atoms with Crippen LogP contribution in [0.2, 0.25) is 0 Å². The van der Waals surface area contributed by atoms with Gasteiger partial charge in [-0.25, -0.2) is 0 Å². The fourth-order valence-corrected chi connectivity index (χ4v) is 0.476. The molecule has 0 aliphatic carbocycles. The third-order valence-corrected chi connectivity index (χ3v) is 1.07. The maximum Gasteiger partial charge on any atom is 0.320 e. The normalized spacial score (nSPS) is 11.4. The summed E-state index contributed by atoms with van der Waals surface area (Å²) in [5.74, 6) is 4.44. The minimum absolute atomic E-state index is 0.427. The van der Waals surface area contributed by atoms with E-state index in [0.29, 0.717) is 12.8 Å². The number of carbonyl (C=O) groups is 1. The Morgan fingerprint density at radius 1 is 1.80 bits per heavy atom. The smallest absolute Gasteiger partial charge is 0.320 e. The Balaban J connectivity index is 3.46. The molecule has 0 aromatic rings. The number of nitrogens with two attached hydrogens (primary N) is 1. The summed E-state index contributed by atoms with van der Waals surface area (Å²) in [7, 11) is 0. The van der Waals surface area contributed by atoms with Crippen LogP contribution >= 0.6 is 0 Å². The molecule has 1 atom stereocenters. The first-order chi connectivity index (χ1) is 4.68. The molecule has 0 radical (unpaired) electrons. The maximum atomic E-state index is 10.1. The van der Waals surface area contributed by atoms with Crippen LogP contribution in [0.3, 0.4) is 0 Å². The van der Waals surface area contributed by atoms with Gasteiger partial charge in [0.1, 0.15) is 6.04 Å². The van der Waals surface area contributed by atoms with Gasteiger partial charge < -0.3 is 10.8 Å². The van der Waals surface area contributed by atoms with Crippen LogP contribution in [-0.2, 0) is 4.79 Å². The molecular formula is C7H11NO2. The standard InChI is InChI=1S/C7H11NO2/c1-2-3-4-5-6(8)7(9)10/h6H,4-5,8H2,1H3,(H,9,10)/t6-/m1/s1. The third-order valence-electron chi connectivity index (χ3n) is 1.07. The Hall–Kier alpha value is -1.01. The molecule has 0 unspecified atom stereocenters. The van der Waals surface area contributed by atoms with Crippen molar-refractivity contribution in [2.24, 2.45) is 5.73 Å². The molecule has 3 nitrogen and oxygen atoms in total. The van der Waals surface area contributed by atoms with Crippen LogP contribution in [0.25, 0.3) is 0 Å². The van der Waals surface area contributed by atoms with Crippen molar-refractivity contribution in [3.8, 4) is 11.8 Å². The molecule has 0 rings (SSSR count). The fraction of sp³-hybridized carbons (Fsp3) is 0.571. The van der Waals surface area contributed by atoms with Crippen molar-refractivity contribution in [1.82, 2.24) is 0 Å². The van der Waals surface area contributed by atoms with Gasteiger partial charge in [0.05, 0.1) is 0 Å². The highest BCUT2D eigenvalue weighted by atomic mass is 16.4. The second-order valence-electron chi connectivity index (χ2n) is 1.91. The molecule has 0 heterocycles. The number of hydrogen-bond donors (Lipinski definition) is 2. The first-order valence-corrected chi connectivity index (χ1v) is 3.06. The quantitative estimate of drug-likeness (QED) is 0.552. The highest BCUT2D eigenvalue weighted by molar-refractivity contribution is 5.72. The van der Waals surface area contributed by atoms with Gasteiger partial charge in [-0.15, -0.1) is 11.8 Å². The summed E-state index contributed by atoms with van der Waals surface area (Å²) < 4.78 is 0. The molecule has 0 fully saturated rings. The zero-order valence-corrected chi connectivity index (χ0v) is 5.92. The summed E-state index contributed by atoms with van der Waals surface area (Å²) in [6.07, 6.45) is 0.986. The van der Waals surface area contributed by atoms with Crippen LogP contribution in [0.15, 0.2) is 0 Å². The van der Waals surface area contributed by atoms with Crippen LogP contribution in [0.4, 0.5) is 0 Å². The molecule has 0 aliphatic heterocycles. The van der Waals surface area contributed by atoms with E-state index in [4.69, 9.17) is 10.8 Å². The molecule has 3 heteroatoms. The second-order valence-corrected chi connectivity index (χ2v) is 1.91. The van der Waals surface area contributed by atoms with E-state index in [1.807, 2.05) is 0 Å². The van der Waals surface area contributed by atoms with Gasteiger partial charge in [-0.1, -0.05) is 0 Å². The molecule has 0 amide bonds. The van der Waals surface area contributed by atoms with E-state index in [1.165, 1.54) is 0 Å². The predicted molar refractivity (Wildman–Crippen MR) is 38.3 cm³/mol. The van der Waals surface area contributed by atoms with Crippen molar-refractivity contribution >= 4 is 5.97 Å². The first-order valence-electron chi connectivity index (χ1n) is 3.06. The van der Waals surface area contributed by atoms with Gasteiger partial charge in [0.25, 0.3) is 0 Å². The van der Waals surface area contributed by atoms with E-state index >= 15 is 0 Å². The van der Waals surface area contributed by atoms with Gasteiger partial charge in [-0.05, 0) is 13.3 Å². The number of carboxylic acid groups (broad SMARTS) is 1. The largest absolute Gasteiger partial charge is 0.480 e. The average molecular weight is 141 g/mol. The Bertz CT molecular complexity index is 166. The van der Waals surface area contributed by atoms with Crippen molar-refractivity contribution in [2.45, 2.75) is 25.8 Å². The predicted octanol–water partition coefficient (Wildman–Crippen LogP) is 0.202. The Morgan fingerprint density at radius 2 is 2.40 bits per heavy atom. The van der Waals surface area contributed by atoms with E-state index in [-0.39, 0.29) is 0 Å². The Morgan fingerprint density at radius 3 is 2.80 bits per heavy atom. The molecule has 56 valence electrons. The first kappa shape index (κ1) is 8.99. The maximum absolute atomic E-state index is 10.1. The monoisotopic (exact) mass is 141 g/mol. The Kier molecular flexibility index (Phi) is 4.34. The summed E-state index contributed by atoms with van der Waals surface area (Å²) in [5.41, 5.74) is 5.19.